The highest BCUT2D eigenvalue weighted by Crippen LogP contribution is 2.18. The van der Waals surface area contributed by atoms with Crippen molar-refractivity contribution in [1.29, 1.82) is 0 Å². The van der Waals surface area contributed by atoms with Crippen LogP contribution >= 0.6 is 0 Å². The van der Waals surface area contributed by atoms with E-state index >= 15 is 0 Å². The molecule has 0 aliphatic rings. The molecule has 0 amide bonds. The molecule has 0 aromatic carbocycles. The van der Waals surface area contributed by atoms with Crippen LogP contribution in [0.2, 0.25) is 0 Å². The maximum atomic E-state index is 4.19. The number of hydrogen-bond acceptors (Lipinski definition) is 4. The number of imidazole rings is 1. The Bertz CT molecular complexity index is 454. The van der Waals surface area contributed by atoms with Crippen LogP contribution in [0.15, 0.2) is 12.7 Å². The van der Waals surface area contributed by atoms with Gasteiger partial charge in [0.15, 0.2) is 11.5 Å². The van der Waals surface area contributed by atoms with Crippen LogP contribution in [-0.2, 0) is 0 Å². The van der Waals surface area contributed by atoms with E-state index in [9.17, 15) is 0 Å². The molecule has 5 nitrogen and oxygen atoms in total. The quantitative estimate of drug-likeness (QED) is 0.784. The minimum atomic E-state index is 0.220. The average Bonchev–Trinajstić information content (AvgIpc) is 2.61. The number of H-pyrrole nitrogens is 1. The Kier molecular flexibility index (Phi) is 2.30. The second-order valence-electron chi connectivity index (χ2n) is 4.74. The van der Waals surface area contributed by atoms with Gasteiger partial charge in [-0.15, -0.1) is 0 Å². The predicted octanol–water partition coefficient (Wildman–Crippen LogP) is 1.81. The number of nitrogens with zero attached hydrogens (tertiary/aromatic N) is 3. The summed E-state index contributed by atoms with van der Waals surface area (Å²) < 4.78 is 0. The first-order chi connectivity index (χ1) is 7.06. The van der Waals surface area contributed by atoms with E-state index in [1.807, 2.05) is 0 Å². The van der Waals surface area contributed by atoms with Crippen LogP contribution in [0.1, 0.15) is 20.8 Å². The Morgan fingerprint density at radius 3 is 2.80 bits per heavy atom. The van der Waals surface area contributed by atoms with Gasteiger partial charge in [-0.1, -0.05) is 20.8 Å². The van der Waals surface area contributed by atoms with Crippen molar-refractivity contribution in [2.45, 2.75) is 20.8 Å². The number of aromatic amines is 1. The van der Waals surface area contributed by atoms with Crippen molar-refractivity contribution in [2.75, 3.05) is 11.9 Å². The van der Waals surface area contributed by atoms with Gasteiger partial charge in [0, 0.05) is 6.54 Å². The molecule has 0 atom stereocenters. The van der Waals surface area contributed by atoms with Gasteiger partial charge in [0.25, 0.3) is 0 Å². The summed E-state index contributed by atoms with van der Waals surface area (Å²) in [4.78, 5) is 15.3. The lowest BCUT2D eigenvalue weighted by Gasteiger charge is -2.19. The lowest BCUT2D eigenvalue weighted by molar-refractivity contribution is 0.442. The molecule has 0 saturated heterocycles. The monoisotopic (exact) mass is 205 g/mol. The molecular formula is C10H15N5. The first-order valence-corrected chi connectivity index (χ1v) is 4.94. The summed E-state index contributed by atoms with van der Waals surface area (Å²) in [5.74, 6) is 0.812. The summed E-state index contributed by atoms with van der Waals surface area (Å²) in [6.45, 7) is 7.38. The fraction of sp³-hybridized carbons (Fsp3) is 0.500. The molecule has 80 valence electrons. The van der Waals surface area contributed by atoms with Gasteiger partial charge in [0.2, 0.25) is 0 Å². The average molecular weight is 205 g/mol. The summed E-state index contributed by atoms with van der Waals surface area (Å²) in [5, 5.41) is 3.29. The molecule has 2 N–H and O–H groups in total. The van der Waals surface area contributed by atoms with E-state index in [1.165, 1.54) is 6.33 Å². The summed E-state index contributed by atoms with van der Waals surface area (Å²) in [6.07, 6.45) is 3.15. The van der Waals surface area contributed by atoms with E-state index in [0.29, 0.717) is 5.65 Å². The maximum Gasteiger partial charge on any atom is 0.182 e. The van der Waals surface area contributed by atoms with Crippen molar-refractivity contribution in [3.8, 4) is 0 Å². The van der Waals surface area contributed by atoms with Crippen LogP contribution in [-0.4, -0.2) is 26.5 Å². The minimum absolute atomic E-state index is 0.220. The number of anilines is 1. The maximum absolute atomic E-state index is 4.19. The number of hydrogen-bond donors (Lipinski definition) is 2. The third-order valence-corrected chi connectivity index (χ3v) is 2.01. The Balaban J connectivity index is 2.24. The van der Waals surface area contributed by atoms with E-state index in [0.717, 1.165) is 17.9 Å². The highest BCUT2D eigenvalue weighted by Gasteiger charge is 2.11. The van der Waals surface area contributed by atoms with E-state index in [-0.39, 0.29) is 5.41 Å². The smallest absolute Gasteiger partial charge is 0.182 e. The van der Waals surface area contributed by atoms with E-state index in [4.69, 9.17) is 0 Å². The van der Waals surface area contributed by atoms with Crippen molar-refractivity contribution >= 4 is 17.0 Å². The van der Waals surface area contributed by atoms with Crippen LogP contribution in [0.4, 0.5) is 5.82 Å². The highest BCUT2D eigenvalue weighted by molar-refractivity contribution is 5.81. The highest BCUT2D eigenvalue weighted by atomic mass is 15.1. The van der Waals surface area contributed by atoms with Gasteiger partial charge >= 0.3 is 0 Å². The molecule has 0 unspecified atom stereocenters. The first-order valence-electron chi connectivity index (χ1n) is 4.94. The number of fused-ring (bicyclic) bond motifs is 1. The topological polar surface area (TPSA) is 66.5 Å². The fourth-order valence-corrected chi connectivity index (χ4v) is 1.25. The van der Waals surface area contributed by atoms with Crippen molar-refractivity contribution in [3.63, 3.8) is 0 Å². The van der Waals surface area contributed by atoms with Gasteiger partial charge in [0.1, 0.15) is 11.8 Å². The summed E-state index contributed by atoms with van der Waals surface area (Å²) in [5.41, 5.74) is 1.78. The summed E-state index contributed by atoms with van der Waals surface area (Å²) in [7, 11) is 0. The molecule has 15 heavy (non-hydrogen) atoms. The van der Waals surface area contributed by atoms with Crippen molar-refractivity contribution in [1.82, 2.24) is 19.9 Å². The van der Waals surface area contributed by atoms with Gasteiger partial charge in [-0.25, -0.2) is 15.0 Å². The zero-order chi connectivity index (χ0) is 10.9. The molecule has 2 aromatic rings. The van der Waals surface area contributed by atoms with Gasteiger partial charge in [0.05, 0.1) is 6.33 Å². The molecule has 0 aliphatic carbocycles. The molecule has 0 spiro atoms. The molecule has 0 bridgehead atoms. The third kappa shape index (κ3) is 2.23. The molecule has 5 heteroatoms. The molecule has 0 aliphatic heterocycles. The third-order valence-electron chi connectivity index (χ3n) is 2.01. The van der Waals surface area contributed by atoms with E-state index in [2.05, 4.69) is 46.0 Å². The van der Waals surface area contributed by atoms with Crippen LogP contribution < -0.4 is 5.32 Å². The molecule has 0 radical (unpaired) electrons. The normalized spacial score (nSPS) is 11.9. The fourth-order valence-electron chi connectivity index (χ4n) is 1.25. The summed E-state index contributed by atoms with van der Waals surface area (Å²) in [6, 6.07) is 0. The zero-order valence-corrected chi connectivity index (χ0v) is 9.20. The van der Waals surface area contributed by atoms with Crippen LogP contribution in [0.3, 0.4) is 0 Å². The Morgan fingerprint density at radius 1 is 1.27 bits per heavy atom. The molecule has 0 fully saturated rings. The van der Waals surface area contributed by atoms with Gasteiger partial charge in [-0.05, 0) is 5.41 Å². The van der Waals surface area contributed by atoms with Crippen LogP contribution in [0.5, 0.6) is 0 Å². The molecule has 2 aromatic heterocycles. The van der Waals surface area contributed by atoms with E-state index in [1.54, 1.807) is 6.33 Å². The van der Waals surface area contributed by atoms with Gasteiger partial charge in [-0.3, -0.25) is 0 Å². The predicted molar refractivity (Wildman–Crippen MR) is 59.6 cm³/mol. The molecule has 2 rings (SSSR count). The largest absolute Gasteiger partial charge is 0.368 e. The molecule has 2 heterocycles. The van der Waals surface area contributed by atoms with Crippen molar-refractivity contribution < 1.29 is 0 Å². The number of rotatable bonds is 2. The standard InChI is InChI=1S/C10H15N5/c1-10(2,3)4-11-8-7-9(13-5-12-7)15-6-14-8/h5-6H,4H2,1-3H3,(H2,11,12,13,14,15). The number of aromatic nitrogens is 4. The lowest BCUT2D eigenvalue weighted by atomic mass is 9.97. The Hall–Kier alpha value is -1.65. The number of nitrogens with one attached hydrogen (secondary N) is 2. The lowest BCUT2D eigenvalue weighted by Crippen LogP contribution is -2.19. The van der Waals surface area contributed by atoms with Crippen molar-refractivity contribution in [2.24, 2.45) is 5.41 Å². The van der Waals surface area contributed by atoms with Crippen LogP contribution in [0, 0.1) is 5.41 Å². The van der Waals surface area contributed by atoms with Crippen molar-refractivity contribution in [3.05, 3.63) is 12.7 Å². The molecule has 0 saturated carbocycles. The van der Waals surface area contributed by atoms with Crippen LogP contribution in [0.25, 0.3) is 11.2 Å². The SMILES string of the molecule is CC(C)(C)CNc1ncnc2nc[nH]c12. The first kappa shape index (κ1) is 9.89. The zero-order valence-electron chi connectivity index (χ0n) is 9.20. The van der Waals surface area contributed by atoms with Gasteiger partial charge < -0.3 is 10.3 Å². The summed E-state index contributed by atoms with van der Waals surface area (Å²) >= 11 is 0. The molecular weight excluding hydrogens is 190 g/mol. The second kappa shape index (κ2) is 3.49. The Labute approximate surface area is 88.4 Å². The van der Waals surface area contributed by atoms with Gasteiger partial charge in [-0.2, -0.15) is 0 Å². The second-order valence-corrected chi connectivity index (χ2v) is 4.74. The Morgan fingerprint density at radius 2 is 2.07 bits per heavy atom. The minimum Gasteiger partial charge on any atom is -0.368 e. The van der Waals surface area contributed by atoms with E-state index < -0.39 is 0 Å².